The van der Waals surface area contributed by atoms with E-state index in [1.54, 1.807) is 0 Å². The fourth-order valence-corrected chi connectivity index (χ4v) is 4.74. The molecule has 3 aliphatic rings. The van der Waals surface area contributed by atoms with E-state index in [0.717, 1.165) is 48.1 Å². The van der Waals surface area contributed by atoms with Gasteiger partial charge in [0.2, 0.25) is 0 Å². The van der Waals surface area contributed by atoms with Crippen LogP contribution in [0.15, 0.2) is 46.9 Å². The molecule has 0 bridgehead atoms. The number of fused-ring (bicyclic) bond motifs is 2. The van der Waals surface area contributed by atoms with E-state index in [2.05, 4.69) is 47.5 Å². The van der Waals surface area contributed by atoms with E-state index >= 15 is 0 Å². The summed E-state index contributed by atoms with van der Waals surface area (Å²) in [6.45, 7) is 5.38. The predicted octanol–water partition coefficient (Wildman–Crippen LogP) is 4.34. The molecule has 6 rings (SSSR count). The minimum Gasteiger partial charge on any atom is -0.491 e. The summed E-state index contributed by atoms with van der Waals surface area (Å²) < 4.78 is 18.2. The topological polar surface area (TPSA) is 59.8 Å². The molecule has 6 nitrogen and oxygen atoms in total. The number of hydrogen-bond donors (Lipinski definition) is 1. The summed E-state index contributed by atoms with van der Waals surface area (Å²) in [4.78, 5) is 7.23. The lowest BCUT2D eigenvalue weighted by molar-refractivity contribution is -0.0465. The van der Waals surface area contributed by atoms with E-state index in [9.17, 15) is 0 Å². The first-order valence-electron chi connectivity index (χ1n) is 11.0. The fourth-order valence-electron chi connectivity index (χ4n) is 4.74. The zero-order chi connectivity index (χ0) is 20.1. The van der Waals surface area contributed by atoms with Gasteiger partial charge < -0.3 is 19.2 Å². The van der Waals surface area contributed by atoms with Crippen LogP contribution in [0.2, 0.25) is 0 Å². The highest BCUT2D eigenvalue weighted by atomic mass is 16.5. The van der Waals surface area contributed by atoms with Crippen molar-refractivity contribution in [1.29, 1.82) is 0 Å². The van der Waals surface area contributed by atoms with Crippen LogP contribution in [0.1, 0.15) is 43.2 Å². The summed E-state index contributed by atoms with van der Waals surface area (Å²) in [6.07, 6.45) is 2.59. The van der Waals surface area contributed by atoms with Gasteiger partial charge in [-0.3, -0.25) is 4.90 Å². The van der Waals surface area contributed by atoms with E-state index in [4.69, 9.17) is 18.9 Å². The first kappa shape index (κ1) is 18.2. The molecule has 3 atom stereocenters. The monoisotopic (exact) mass is 405 g/mol. The minimum atomic E-state index is 0.0975. The van der Waals surface area contributed by atoms with Gasteiger partial charge in [-0.15, -0.1) is 0 Å². The van der Waals surface area contributed by atoms with Gasteiger partial charge >= 0.3 is 0 Å². The van der Waals surface area contributed by atoms with Crippen molar-refractivity contribution in [1.82, 2.24) is 9.88 Å². The summed E-state index contributed by atoms with van der Waals surface area (Å²) in [6, 6.07) is 14.8. The minimum absolute atomic E-state index is 0.0975. The molecule has 3 aromatic rings. The van der Waals surface area contributed by atoms with Crippen LogP contribution >= 0.6 is 0 Å². The number of aromatic nitrogens is 1. The number of benzene rings is 2. The molecule has 3 heterocycles. The summed E-state index contributed by atoms with van der Waals surface area (Å²) >= 11 is 0. The van der Waals surface area contributed by atoms with E-state index in [-0.39, 0.29) is 18.2 Å². The largest absolute Gasteiger partial charge is 0.491 e. The van der Waals surface area contributed by atoms with Crippen molar-refractivity contribution in [2.75, 3.05) is 31.6 Å². The molecule has 1 aliphatic carbocycles. The molecule has 2 fully saturated rings. The fraction of sp³-hybridized carbons (Fsp3) is 0.458. The third kappa shape index (κ3) is 3.24. The summed E-state index contributed by atoms with van der Waals surface area (Å²) in [5, 5.41) is 3.82. The molecule has 2 aliphatic heterocycles. The number of oxazole rings is 1. The van der Waals surface area contributed by atoms with Gasteiger partial charge in [0.25, 0.3) is 0 Å². The van der Waals surface area contributed by atoms with Crippen LogP contribution in [0, 0.1) is 0 Å². The van der Waals surface area contributed by atoms with Crippen molar-refractivity contribution >= 4 is 16.8 Å². The molecule has 156 valence electrons. The van der Waals surface area contributed by atoms with E-state index in [1.807, 2.05) is 12.1 Å². The smallest absolute Gasteiger partial charge is 0.198 e. The van der Waals surface area contributed by atoms with Crippen molar-refractivity contribution < 1.29 is 13.9 Å². The Morgan fingerprint density at radius 2 is 2.00 bits per heavy atom. The van der Waals surface area contributed by atoms with E-state index in [1.165, 1.54) is 18.4 Å². The van der Waals surface area contributed by atoms with Gasteiger partial charge in [-0.2, -0.15) is 0 Å². The third-order valence-corrected chi connectivity index (χ3v) is 6.46. The number of hydrogen-bond acceptors (Lipinski definition) is 6. The highest BCUT2D eigenvalue weighted by molar-refractivity contribution is 5.86. The molecule has 2 aromatic carbocycles. The average Bonchev–Trinajstić information content (AvgIpc) is 3.53. The van der Waals surface area contributed by atoms with Gasteiger partial charge in [0.05, 0.1) is 30.5 Å². The maximum absolute atomic E-state index is 6.21. The zero-order valence-corrected chi connectivity index (χ0v) is 17.2. The summed E-state index contributed by atoms with van der Waals surface area (Å²) in [7, 11) is 0. The molecule has 0 radical (unpaired) electrons. The van der Waals surface area contributed by atoms with Gasteiger partial charge in [0.1, 0.15) is 17.9 Å². The maximum Gasteiger partial charge on any atom is 0.198 e. The molecule has 6 heteroatoms. The molecular weight excluding hydrogens is 378 g/mol. The van der Waals surface area contributed by atoms with Crippen molar-refractivity contribution in [3.05, 3.63) is 53.9 Å². The Balaban J connectivity index is 1.38. The SMILES string of the molecule is C[C@@H]1CN([C@H]2COc3ccccc3[C@@H]2Nc2cccc3nc(C4CC4)oc23)CCO1. The molecule has 1 saturated heterocycles. The Hall–Kier alpha value is -2.57. The molecule has 1 N–H and O–H groups in total. The predicted molar refractivity (Wildman–Crippen MR) is 115 cm³/mol. The summed E-state index contributed by atoms with van der Waals surface area (Å²) in [5.74, 6) is 2.33. The number of nitrogens with zero attached hydrogens (tertiary/aromatic N) is 2. The van der Waals surface area contributed by atoms with E-state index < -0.39 is 0 Å². The van der Waals surface area contributed by atoms with Crippen LogP contribution in [-0.4, -0.2) is 48.3 Å². The second-order valence-electron chi connectivity index (χ2n) is 8.69. The van der Waals surface area contributed by atoms with Crippen LogP contribution in [0.4, 0.5) is 5.69 Å². The Labute approximate surface area is 176 Å². The Bertz CT molecular complexity index is 1060. The highest BCUT2D eigenvalue weighted by Crippen LogP contribution is 2.43. The van der Waals surface area contributed by atoms with Gasteiger partial charge in [-0.1, -0.05) is 24.3 Å². The van der Waals surface area contributed by atoms with Crippen molar-refractivity contribution in [3.63, 3.8) is 0 Å². The average molecular weight is 405 g/mol. The van der Waals surface area contributed by atoms with Gasteiger partial charge in [-0.05, 0) is 38.0 Å². The number of rotatable bonds is 4. The van der Waals surface area contributed by atoms with Crippen molar-refractivity contribution in [2.24, 2.45) is 0 Å². The quantitative estimate of drug-likeness (QED) is 0.697. The number of nitrogens with one attached hydrogen (secondary N) is 1. The molecule has 0 amide bonds. The lowest BCUT2D eigenvalue weighted by Gasteiger charge is -2.43. The number of ether oxygens (including phenoxy) is 2. The lowest BCUT2D eigenvalue weighted by Crippen LogP contribution is -2.54. The van der Waals surface area contributed by atoms with Crippen LogP contribution in [-0.2, 0) is 4.74 Å². The maximum atomic E-state index is 6.21. The van der Waals surface area contributed by atoms with Crippen molar-refractivity contribution in [2.45, 2.75) is 43.9 Å². The van der Waals surface area contributed by atoms with Crippen LogP contribution < -0.4 is 10.1 Å². The molecule has 0 unspecified atom stereocenters. The second kappa shape index (κ2) is 7.29. The third-order valence-electron chi connectivity index (χ3n) is 6.46. The van der Waals surface area contributed by atoms with Crippen molar-refractivity contribution in [3.8, 4) is 5.75 Å². The highest BCUT2D eigenvalue weighted by Gasteiger charge is 2.37. The van der Waals surface area contributed by atoms with Crippen LogP contribution in [0.5, 0.6) is 5.75 Å². The molecule has 1 aromatic heterocycles. The first-order valence-corrected chi connectivity index (χ1v) is 11.0. The molecule has 0 spiro atoms. The first-order chi connectivity index (χ1) is 14.8. The van der Waals surface area contributed by atoms with Crippen LogP contribution in [0.25, 0.3) is 11.1 Å². The van der Waals surface area contributed by atoms with Gasteiger partial charge in [0, 0.05) is 24.6 Å². The van der Waals surface area contributed by atoms with E-state index in [0.29, 0.717) is 12.5 Å². The lowest BCUT2D eigenvalue weighted by atomic mass is 9.94. The van der Waals surface area contributed by atoms with Crippen LogP contribution in [0.3, 0.4) is 0 Å². The second-order valence-corrected chi connectivity index (χ2v) is 8.69. The number of anilines is 1. The molecule has 1 saturated carbocycles. The summed E-state index contributed by atoms with van der Waals surface area (Å²) in [5.41, 5.74) is 3.97. The number of para-hydroxylation sites is 2. The Morgan fingerprint density at radius 1 is 1.10 bits per heavy atom. The van der Waals surface area contributed by atoms with Gasteiger partial charge in [0.15, 0.2) is 11.5 Å². The molecule has 30 heavy (non-hydrogen) atoms. The Kier molecular flexibility index (Phi) is 4.43. The normalized spacial score (nSPS) is 26.9. The van der Waals surface area contributed by atoms with Gasteiger partial charge in [-0.25, -0.2) is 4.98 Å². The molecular formula is C24H27N3O3. The zero-order valence-electron chi connectivity index (χ0n) is 17.2. The number of morpholine rings is 1. The Morgan fingerprint density at radius 3 is 2.87 bits per heavy atom. The standard InChI is InChI=1S/C24H27N3O3/c1-15-13-27(11-12-28-15)20-14-29-21-8-3-2-5-17(21)22(20)25-18-6-4-7-19-23(18)30-24(26-19)16-9-10-16/h2-8,15-16,20,22,25H,9-14H2,1H3/t15-,20+,22+/m1/s1.